The molecule has 1 heteroatoms. The maximum Gasteiger partial charge on any atom is 0.0564 e. The third-order valence-corrected chi connectivity index (χ3v) is 0.129. The molecule has 0 unspecified atom stereocenters. The van der Waals surface area contributed by atoms with Gasteiger partial charge in [0.15, 0.2) is 0 Å². The third kappa shape index (κ3) is 1.96. The Bertz CT molecular complexity index is 55.7. The minimum absolute atomic E-state index is 1.06. The predicted molar refractivity (Wildman–Crippen MR) is 17.4 cm³/mol. The molecule has 1 atom stereocenters. The third-order valence-electron chi connectivity index (χ3n) is 0.129. The Balaban J connectivity index is 3.54. The molecule has 0 amide bonds. The van der Waals surface area contributed by atoms with E-state index in [1.54, 1.807) is 0 Å². The van der Waals surface area contributed by atoms with Crippen LogP contribution in [0.2, 0.25) is 0 Å². The van der Waals surface area contributed by atoms with Crippen molar-refractivity contribution in [2.75, 3.05) is 6.56 Å². The molecule has 0 radical (unpaired) electrons. The standard InChI is InChI=1S/C3H8O/c1-2-3-4/h4H,2-3H2,1H3/i2D,3D2/t2-/m1/s1. The van der Waals surface area contributed by atoms with Gasteiger partial charge in [0.05, 0.1) is 2.74 Å². The van der Waals surface area contributed by atoms with E-state index in [4.69, 9.17) is 9.22 Å². The average Bonchev–Trinajstić information content (AvgIpc) is 1.31. The topological polar surface area (TPSA) is 20.2 Å². The summed E-state index contributed by atoms with van der Waals surface area (Å²) in [4.78, 5) is 0. The van der Waals surface area contributed by atoms with Gasteiger partial charge in [-0.25, -0.2) is 0 Å². The molecule has 0 aliphatic carbocycles. The lowest BCUT2D eigenvalue weighted by molar-refractivity contribution is 0.295. The largest absolute Gasteiger partial charge is 0.396 e. The van der Waals surface area contributed by atoms with Crippen LogP contribution in [0.3, 0.4) is 0 Å². The lowest BCUT2D eigenvalue weighted by Gasteiger charge is -1.69. The quantitative estimate of drug-likeness (QED) is 0.466. The van der Waals surface area contributed by atoms with Gasteiger partial charge in [-0.15, -0.1) is 0 Å². The Morgan fingerprint density at radius 1 is 2.25 bits per heavy atom. The molecule has 0 spiro atoms. The summed E-state index contributed by atoms with van der Waals surface area (Å²) in [5.74, 6) is 0. The van der Waals surface area contributed by atoms with Crippen molar-refractivity contribution in [3.63, 3.8) is 0 Å². The summed E-state index contributed by atoms with van der Waals surface area (Å²) >= 11 is 0. The van der Waals surface area contributed by atoms with E-state index in [0.717, 1.165) is 0 Å². The van der Waals surface area contributed by atoms with Crippen LogP contribution in [0.1, 0.15) is 17.4 Å². The highest BCUT2D eigenvalue weighted by Crippen LogP contribution is 1.61. The van der Waals surface area contributed by atoms with Crippen molar-refractivity contribution in [2.24, 2.45) is 0 Å². The summed E-state index contributed by atoms with van der Waals surface area (Å²) < 4.78 is 19.4. The Kier molecular flexibility index (Phi) is 0.723. The first-order valence-electron chi connectivity index (χ1n) is 2.67. The van der Waals surface area contributed by atoms with Crippen LogP contribution in [0.25, 0.3) is 0 Å². The number of rotatable bonds is 1. The summed E-state index contributed by atoms with van der Waals surface area (Å²) in [7, 11) is 0. The number of hydrogen-bond acceptors (Lipinski definition) is 1. The molecule has 26 valence electrons. The summed E-state index contributed by atoms with van der Waals surface area (Å²) in [5.41, 5.74) is 0. The van der Waals surface area contributed by atoms with Crippen molar-refractivity contribution in [1.29, 1.82) is 0 Å². The normalized spacial score (nSPS) is 30.0. The van der Waals surface area contributed by atoms with Crippen LogP contribution in [0.15, 0.2) is 0 Å². The van der Waals surface area contributed by atoms with E-state index in [-0.39, 0.29) is 0 Å². The lowest BCUT2D eigenvalue weighted by Crippen LogP contribution is -1.69. The van der Waals surface area contributed by atoms with E-state index in [1.807, 2.05) is 0 Å². The van der Waals surface area contributed by atoms with Gasteiger partial charge < -0.3 is 5.11 Å². The molecule has 0 fully saturated rings. The second-order valence-corrected chi connectivity index (χ2v) is 0.418. The first-order chi connectivity index (χ1) is 2.94. The molecule has 0 heterocycles. The number of aliphatic hydroxyl groups is 1. The van der Waals surface area contributed by atoms with Crippen molar-refractivity contribution in [3.05, 3.63) is 0 Å². The van der Waals surface area contributed by atoms with E-state index in [9.17, 15) is 0 Å². The minimum atomic E-state index is -2.33. The Morgan fingerprint density at radius 3 is 2.50 bits per heavy atom. The molecule has 0 aliphatic rings. The molecule has 1 N–H and O–H groups in total. The van der Waals surface area contributed by atoms with Crippen LogP contribution < -0.4 is 0 Å². The maximum absolute atomic E-state index is 8.24. The zero-order valence-electron chi connectivity index (χ0n) is 5.52. The summed E-state index contributed by atoms with van der Waals surface area (Å²) in [6.45, 7) is -1.04. The van der Waals surface area contributed by atoms with Crippen LogP contribution in [0, 0.1) is 0 Å². The first kappa shape index (κ1) is 0.977. The molecule has 0 aromatic heterocycles. The van der Waals surface area contributed by atoms with Crippen molar-refractivity contribution in [1.82, 2.24) is 0 Å². The molecule has 0 rings (SSSR count). The molecule has 4 heavy (non-hydrogen) atoms. The van der Waals surface area contributed by atoms with E-state index >= 15 is 0 Å². The highest BCUT2D eigenvalue weighted by molar-refractivity contribution is 4.10. The lowest BCUT2D eigenvalue weighted by atomic mass is 10.5. The summed E-state index contributed by atoms with van der Waals surface area (Å²) in [6.07, 6.45) is -1.06. The van der Waals surface area contributed by atoms with Crippen molar-refractivity contribution in [3.8, 4) is 0 Å². The molecule has 0 aliphatic heterocycles. The molecule has 0 saturated heterocycles. The van der Waals surface area contributed by atoms with Crippen molar-refractivity contribution in [2.45, 2.75) is 13.3 Å². The second kappa shape index (κ2) is 2.96. The van der Waals surface area contributed by atoms with Crippen LogP contribution in [0.5, 0.6) is 0 Å². The maximum atomic E-state index is 8.24. The smallest absolute Gasteiger partial charge is 0.0564 e. The van der Waals surface area contributed by atoms with Gasteiger partial charge in [-0.3, -0.25) is 0 Å². The molecule has 0 saturated carbocycles. The van der Waals surface area contributed by atoms with Gasteiger partial charge in [-0.2, -0.15) is 0 Å². The Labute approximate surface area is 30.5 Å². The van der Waals surface area contributed by atoms with Crippen molar-refractivity contribution >= 4 is 0 Å². The fraction of sp³-hybridized carbons (Fsp3) is 1.00. The molecule has 0 aromatic rings. The van der Waals surface area contributed by atoms with Gasteiger partial charge in [0.25, 0.3) is 0 Å². The monoisotopic (exact) mass is 63.1 g/mol. The van der Waals surface area contributed by atoms with Gasteiger partial charge in [-0.05, 0) is 6.40 Å². The van der Waals surface area contributed by atoms with Gasteiger partial charge in [0.2, 0.25) is 0 Å². The minimum Gasteiger partial charge on any atom is -0.396 e. The molecule has 1 nitrogen and oxygen atoms in total. The zero-order valence-corrected chi connectivity index (χ0v) is 2.52. The van der Waals surface area contributed by atoms with Gasteiger partial charge in [-0.1, -0.05) is 6.92 Å². The van der Waals surface area contributed by atoms with E-state index in [0.29, 0.717) is 0 Å². The molecule has 0 aromatic carbocycles. The van der Waals surface area contributed by atoms with Gasteiger partial charge in [0, 0.05) is 7.93 Å². The molecular formula is C3H8O. The molecular weight excluding hydrogens is 52.0 g/mol. The SMILES string of the molecule is [2H][C@H](C)C([2H])([2H])O. The first-order valence-corrected chi connectivity index (χ1v) is 1.09. The van der Waals surface area contributed by atoms with Crippen LogP contribution in [-0.2, 0) is 0 Å². The van der Waals surface area contributed by atoms with Crippen LogP contribution >= 0.6 is 0 Å². The Morgan fingerprint density at radius 2 is 2.50 bits per heavy atom. The average molecular weight is 63.1 g/mol. The van der Waals surface area contributed by atoms with Gasteiger partial charge >= 0.3 is 0 Å². The van der Waals surface area contributed by atoms with Crippen LogP contribution in [-0.4, -0.2) is 11.7 Å². The second-order valence-electron chi connectivity index (χ2n) is 0.418. The fourth-order valence-corrected chi connectivity index (χ4v) is 0. The number of hydrogen-bond donors (Lipinski definition) is 1. The fourth-order valence-electron chi connectivity index (χ4n) is 0. The van der Waals surface area contributed by atoms with Gasteiger partial charge in [0.1, 0.15) is 0 Å². The van der Waals surface area contributed by atoms with E-state index in [2.05, 4.69) is 0 Å². The Hall–Kier alpha value is -0.0400. The summed E-state index contributed by atoms with van der Waals surface area (Å²) in [6, 6.07) is 0. The highest BCUT2D eigenvalue weighted by atomic mass is 16.2. The predicted octanol–water partition coefficient (Wildman–Crippen LogP) is 0.389. The molecule has 0 bridgehead atoms. The van der Waals surface area contributed by atoms with Crippen LogP contribution in [0.4, 0.5) is 0 Å². The van der Waals surface area contributed by atoms with E-state index < -0.39 is 13.0 Å². The van der Waals surface area contributed by atoms with E-state index in [1.165, 1.54) is 6.92 Å². The van der Waals surface area contributed by atoms with Crippen molar-refractivity contribution < 1.29 is 9.22 Å². The zero-order chi connectivity index (χ0) is 6.08. The highest BCUT2D eigenvalue weighted by Gasteiger charge is 1.57. The summed E-state index contributed by atoms with van der Waals surface area (Å²) in [5, 5.41) is 8.24.